The van der Waals surface area contributed by atoms with Crippen LogP contribution in [-0.2, 0) is 7.05 Å². The highest BCUT2D eigenvalue weighted by molar-refractivity contribution is 6.10. The minimum Gasteiger partial charge on any atom is -0.437 e. The van der Waals surface area contributed by atoms with Crippen molar-refractivity contribution in [3.05, 3.63) is 153 Å². The molecule has 10 rings (SSSR count). The number of hydrogen-bond acceptors (Lipinski definition) is 2. The summed E-state index contributed by atoms with van der Waals surface area (Å²) in [5.41, 5.74) is 19.7. The number of fused-ring (bicyclic) bond motifs is 3. The monoisotopic (exact) mass is 569 g/mol. The standard InChI is InChI=1S/C41H33N2O/c1-22-10-13-30-33(18-22)38-28-8-6-7-9-29(28)39(30)34-20-26(12-15-31(34)38)27-16-17-43(5)35(21-27)37-24(3)19-23(2)36-32-14-11-25(4)42-41(32)44-40(36)37/h6-21,38-39H,1-5H3/q+1. The van der Waals surface area contributed by atoms with Gasteiger partial charge in [0.25, 0.3) is 0 Å². The summed E-state index contributed by atoms with van der Waals surface area (Å²) < 4.78 is 8.75. The molecule has 4 aromatic carbocycles. The van der Waals surface area contributed by atoms with Gasteiger partial charge in [-0.1, -0.05) is 66.2 Å². The molecule has 3 heterocycles. The highest BCUT2D eigenvalue weighted by atomic mass is 16.3. The summed E-state index contributed by atoms with van der Waals surface area (Å²) >= 11 is 0. The average Bonchev–Trinajstić information content (AvgIpc) is 3.40. The van der Waals surface area contributed by atoms with Crippen LogP contribution in [0.1, 0.15) is 67.6 Å². The maximum atomic E-state index is 6.54. The predicted molar refractivity (Wildman–Crippen MR) is 177 cm³/mol. The summed E-state index contributed by atoms with van der Waals surface area (Å²) in [6.07, 6.45) is 2.18. The second kappa shape index (κ2) is 9.00. The lowest BCUT2D eigenvalue weighted by atomic mass is 9.60. The molecule has 3 aliphatic rings. The van der Waals surface area contributed by atoms with Gasteiger partial charge in [-0.3, -0.25) is 0 Å². The number of aromatic nitrogens is 2. The molecular formula is C41H33N2O+. The largest absolute Gasteiger partial charge is 0.437 e. The van der Waals surface area contributed by atoms with Crippen LogP contribution in [0.4, 0.5) is 0 Å². The van der Waals surface area contributed by atoms with Crippen molar-refractivity contribution in [3.63, 3.8) is 0 Å². The van der Waals surface area contributed by atoms with E-state index < -0.39 is 0 Å². The molecule has 2 atom stereocenters. The zero-order valence-corrected chi connectivity index (χ0v) is 25.7. The Hall–Kier alpha value is -5.02. The first-order chi connectivity index (χ1) is 21.4. The van der Waals surface area contributed by atoms with Gasteiger partial charge in [0.2, 0.25) is 11.4 Å². The van der Waals surface area contributed by atoms with Crippen LogP contribution in [0.15, 0.2) is 102 Å². The third kappa shape index (κ3) is 3.44. The SMILES string of the molecule is Cc1ccc2c(c1)C1c3ccccc3C2c2cc(-c3cc[n+](C)c(-c4c(C)cc(C)c5c4oc4nc(C)ccc45)c3)ccc21. The van der Waals surface area contributed by atoms with Crippen molar-refractivity contribution < 1.29 is 8.98 Å². The Bertz CT molecular complexity index is 2360. The summed E-state index contributed by atoms with van der Waals surface area (Å²) in [6, 6.07) is 34.3. The van der Waals surface area contributed by atoms with Crippen LogP contribution in [0.5, 0.6) is 0 Å². The van der Waals surface area contributed by atoms with Crippen LogP contribution in [0, 0.1) is 27.7 Å². The molecule has 3 nitrogen and oxygen atoms in total. The first-order valence-corrected chi connectivity index (χ1v) is 15.5. The van der Waals surface area contributed by atoms with Gasteiger partial charge in [0.15, 0.2) is 11.8 Å². The van der Waals surface area contributed by atoms with Crippen molar-refractivity contribution in [2.45, 2.75) is 39.5 Å². The Labute approximate surface area is 257 Å². The quantitative estimate of drug-likeness (QED) is 0.194. The molecule has 3 heteroatoms. The first kappa shape index (κ1) is 25.5. The summed E-state index contributed by atoms with van der Waals surface area (Å²) in [5.74, 6) is 0.541. The maximum Gasteiger partial charge on any atom is 0.227 e. The second-order valence-electron chi connectivity index (χ2n) is 12.9. The minimum atomic E-state index is 0.256. The number of rotatable bonds is 2. The number of benzene rings is 4. The Balaban J connectivity index is 1.23. The van der Waals surface area contributed by atoms with E-state index in [0.717, 1.165) is 33.3 Å². The molecule has 0 spiro atoms. The normalized spacial score (nSPS) is 16.3. The smallest absolute Gasteiger partial charge is 0.227 e. The fourth-order valence-electron chi connectivity index (χ4n) is 8.12. The van der Waals surface area contributed by atoms with Gasteiger partial charge < -0.3 is 4.42 Å². The number of furan rings is 1. The number of hydrogen-bond donors (Lipinski definition) is 0. The maximum absolute atomic E-state index is 6.54. The van der Waals surface area contributed by atoms with E-state index >= 15 is 0 Å². The molecule has 0 N–H and O–H groups in total. The predicted octanol–water partition coefficient (Wildman–Crippen LogP) is 9.36. The van der Waals surface area contributed by atoms with Gasteiger partial charge in [0, 0.05) is 40.4 Å². The van der Waals surface area contributed by atoms with E-state index in [1.165, 1.54) is 61.2 Å². The zero-order chi connectivity index (χ0) is 29.9. The number of pyridine rings is 2. The van der Waals surface area contributed by atoms with Gasteiger partial charge in [-0.25, -0.2) is 9.55 Å². The minimum absolute atomic E-state index is 0.256. The fraction of sp³-hybridized carbons (Fsp3) is 0.171. The second-order valence-corrected chi connectivity index (χ2v) is 12.9. The zero-order valence-electron chi connectivity index (χ0n) is 25.7. The lowest BCUT2D eigenvalue weighted by Gasteiger charge is -2.42. The Morgan fingerprint density at radius 1 is 0.636 bits per heavy atom. The van der Waals surface area contributed by atoms with Gasteiger partial charge in [-0.05, 0) is 102 Å². The Morgan fingerprint density at radius 2 is 1.32 bits per heavy atom. The lowest BCUT2D eigenvalue weighted by molar-refractivity contribution is -0.660. The van der Waals surface area contributed by atoms with E-state index in [2.05, 4.69) is 130 Å². The molecule has 2 bridgehead atoms. The molecule has 0 saturated carbocycles. The molecule has 2 unspecified atom stereocenters. The lowest BCUT2D eigenvalue weighted by Crippen LogP contribution is -2.30. The molecule has 0 amide bonds. The molecule has 3 aromatic heterocycles. The molecule has 0 radical (unpaired) electrons. The van der Waals surface area contributed by atoms with E-state index in [1.54, 1.807) is 0 Å². The van der Waals surface area contributed by atoms with Crippen LogP contribution in [0.25, 0.3) is 44.5 Å². The van der Waals surface area contributed by atoms with Crippen LogP contribution in [0.2, 0.25) is 0 Å². The summed E-state index contributed by atoms with van der Waals surface area (Å²) in [5, 5.41) is 2.22. The molecule has 0 fully saturated rings. The Kier molecular flexibility index (Phi) is 5.21. The number of aryl methyl sites for hydroxylation is 5. The first-order valence-electron chi connectivity index (χ1n) is 15.5. The van der Waals surface area contributed by atoms with E-state index in [-0.39, 0.29) is 11.8 Å². The van der Waals surface area contributed by atoms with Crippen molar-refractivity contribution in [2.24, 2.45) is 7.05 Å². The average molecular weight is 570 g/mol. The summed E-state index contributed by atoms with van der Waals surface area (Å²) in [7, 11) is 2.12. The van der Waals surface area contributed by atoms with Crippen LogP contribution in [0.3, 0.4) is 0 Å². The van der Waals surface area contributed by atoms with Gasteiger partial charge in [0.1, 0.15) is 7.05 Å². The van der Waals surface area contributed by atoms with Crippen molar-refractivity contribution in [3.8, 4) is 22.4 Å². The molecular weight excluding hydrogens is 536 g/mol. The van der Waals surface area contributed by atoms with E-state index in [0.29, 0.717) is 5.71 Å². The fourth-order valence-corrected chi connectivity index (χ4v) is 8.12. The van der Waals surface area contributed by atoms with Crippen LogP contribution < -0.4 is 4.57 Å². The van der Waals surface area contributed by atoms with E-state index in [4.69, 9.17) is 9.40 Å². The number of nitrogens with zero attached hydrogens (tertiary/aromatic N) is 2. The highest BCUT2D eigenvalue weighted by Crippen LogP contribution is 2.56. The van der Waals surface area contributed by atoms with Crippen molar-refractivity contribution in [1.82, 2.24) is 4.98 Å². The molecule has 7 aromatic rings. The van der Waals surface area contributed by atoms with Gasteiger partial charge in [0.05, 0.1) is 5.56 Å². The van der Waals surface area contributed by atoms with Gasteiger partial charge in [-0.15, -0.1) is 0 Å². The third-order valence-corrected chi connectivity index (χ3v) is 10.1. The van der Waals surface area contributed by atoms with Crippen LogP contribution in [-0.4, -0.2) is 4.98 Å². The van der Waals surface area contributed by atoms with Crippen molar-refractivity contribution in [1.29, 1.82) is 0 Å². The Morgan fingerprint density at radius 3 is 2.09 bits per heavy atom. The van der Waals surface area contributed by atoms with E-state index in [1.807, 2.05) is 6.92 Å². The summed E-state index contributed by atoms with van der Waals surface area (Å²) in [4.78, 5) is 4.73. The molecule has 0 saturated heterocycles. The topological polar surface area (TPSA) is 29.9 Å². The third-order valence-electron chi connectivity index (χ3n) is 10.1. The van der Waals surface area contributed by atoms with Gasteiger partial charge in [-0.2, -0.15) is 0 Å². The molecule has 3 aliphatic carbocycles. The molecule has 44 heavy (non-hydrogen) atoms. The molecule has 212 valence electrons. The van der Waals surface area contributed by atoms with Crippen molar-refractivity contribution >= 4 is 22.1 Å². The van der Waals surface area contributed by atoms with Gasteiger partial charge >= 0.3 is 0 Å². The van der Waals surface area contributed by atoms with Crippen LogP contribution >= 0.6 is 0 Å². The molecule has 0 aliphatic heterocycles. The van der Waals surface area contributed by atoms with E-state index in [9.17, 15) is 0 Å². The van der Waals surface area contributed by atoms with Crippen molar-refractivity contribution in [2.75, 3.05) is 0 Å². The highest BCUT2D eigenvalue weighted by Gasteiger charge is 2.41. The summed E-state index contributed by atoms with van der Waals surface area (Å²) in [6.45, 7) is 8.57.